The number of piperidine rings is 1. The maximum atomic E-state index is 12.1. The summed E-state index contributed by atoms with van der Waals surface area (Å²) in [5.41, 5.74) is 0.592. The smallest absolute Gasteiger partial charge is 0.347 e. The van der Waals surface area contributed by atoms with Crippen LogP contribution in [0.15, 0.2) is 24.3 Å². The molecule has 0 aromatic heterocycles. The number of anilines is 1. The van der Waals surface area contributed by atoms with Gasteiger partial charge in [0.1, 0.15) is 6.54 Å². The SMILES string of the molecule is O=C(NCC(F)(F)F)C1CCN(C(=O)Nc2ccc(Cl)cc2)CC1. The van der Waals surface area contributed by atoms with Gasteiger partial charge in [0.15, 0.2) is 0 Å². The maximum absolute atomic E-state index is 12.1. The third kappa shape index (κ3) is 5.59. The summed E-state index contributed by atoms with van der Waals surface area (Å²) < 4.78 is 36.3. The van der Waals surface area contributed by atoms with Crippen molar-refractivity contribution in [3.63, 3.8) is 0 Å². The van der Waals surface area contributed by atoms with Crippen molar-refractivity contribution in [2.24, 2.45) is 5.92 Å². The number of hydrogen-bond acceptors (Lipinski definition) is 2. The second-order valence-corrected chi connectivity index (χ2v) is 5.97. The van der Waals surface area contributed by atoms with E-state index >= 15 is 0 Å². The highest BCUT2D eigenvalue weighted by molar-refractivity contribution is 6.30. The van der Waals surface area contributed by atoms with Crippen LogP contribution in [0.25, 0.3) is 0 Å². The first-order valence-electron chi connectivity index (χ1n) is 7.40. The number of carbonyl (C=O) groups excluding carboxylic acids is 2. The summed E-state index contributed by atoms with van der Waals surface area (Å²) in [5.74, 6) is -1.13. The summed E-state index contributed by atoms with van der Waals surface area (Å²) in [5, 5.41) is 5.15. The molecular weight excluding hydrogens is 347 g/mol. The zero-order chi connectivity index (χ0) is 17.7. The number of nitrogens with zero attached hydrogens (tertiary/aromatic N) is 1. The topological polar surface area (TPSA) is 61.4 Å². The summed E-state index contributed by atoms with van der Waals surface area (Å²) >= 11 is 5.77. The molecule has 5 nitrogen and oxygen atoms in total. The van der Waals surface area contributed by atoms with E-state index in [9.17, 15) is 22.8 Å². The van der Waals surface area contributed by atoms with E-state index in [1.807, 2.05) is 5.32 Å². The Bertz CT molecular complexity index is 585. The Morgan fingerprint density at radius 3 is 2.29 bits per heavy atom. The van der Waals surface area contributed by atoms with Gasteiger partial charge >= 0.3 is 12.2 Å². The molecule has 1 aliphatic rings. The van der Waals surface area contributed by atoms with Gasteiger partial charge in [0, 0.05) is 29.7 Å². The first-order chi connectivity index (χ1) is 11.2. The summed E-state index contributed by atoms with van der Waals surface area (Å²) in [6.45, 7) is -0.712. The molecule has 132 valence electrons. The standard InChI is InChI=1S/C15H17ClF3N3O2/c16-11-1-3-12(4-2-11)21-14(24)22-7-5-10(6-8-22)13(23)20-9-15(17,18)19/h1-4,10H,5-9H2,(H,20,23)(H,21,24). The van der Waals surface area contributed by atoms with Gasteiger partial charge in [-0.3, -0.25) is 4.79 Å². The van der Waals surface area contributed by atoms with Crippen molar-refractivity contribution >= 4 is 29.2 Å². The van der Waals surface area contributed by atoms with E-state index in [1.54, 1.807) is 24.3 Å². The van der Waals surface area contributed by atoms with Crippen molar-refractivity contribution in [3.8, 4) is 0 Å². The molecule has 2 N–H and O–H groups in total. The number of halogens is 4. The molecule has 0 aliphatic carbocycles. The third-order valence-corrected chi connectivity index (χ3v) is 3.96. The van der Waals surface area contributed by atoms with E-state index < -0.39 is 24.5 Å². The lowest BCUT2D eigenvalue weighted by molar-refractivity contribution is -0.141. The number of carbonyl (C=O) groups is 2. The van der Waals surface area contributed by atoms with E-state index in [4.69, 9.17) is 11.6 Å². The summed E-state index contributed by atoms with van der Waals surface area (Å²) in [6.07, 6.45) is -3.76. The van der Waals surface area contributed by atoms with Crippen molar-refractivity contribution < 1.29 is 22.8 Å². The van der Waals surface area contributed by atoms with Crippen molar-refractivity contribution in [1.29, 1.82) is 0 Å². The van der Waals surface area contributed by atoms with E-state index in [0.29, 0.717) is 36.6 Å². The van der Waals surface area contributed by atoms with Gasteiger partial charge in [0.05, 0.1) is 0 Å². The number of hydrogen-bond donors (Lipinski definition) is 2. The van der Waals surface area contributed by atoms with E-state index in [2.05, 4.69) is 5.32 Å². The zero-order valence-corrected chi connectivity index (χ0v) is 13.5. The predicted octanol–water partition coefficient (Wildman–Crippen LogP) is 3.26. The van der Waals surface area contributed by atoms with Crippen LogP contribution in [0.3, 0.4) is 0 Å². The normalized spacial score (nSPS) is 15.9. The van der Waals surface area contributed by atoms with E-state index in [-0.39, 0.29) is 6.03 Å². The lowest BCUT2D eigenvalue weighted by Crippen LogP contribution is -2.45. The monoisotopic (exact) mass is 363 g/mol. The molecule has 24 heavy (non-hydrogen) atoms. The van der Waals surface area contributed by atoms with Crippen molar-refractivity contribution in [3.05, 3.63) is 29.3 Å². The fraction of sp³-hybridized carbons (Fsp3) is 0.467. The van der Waals surface area contributed by atoms with E-state index in [0.717, 1.165) is 0 Å². The molecule has 1 aliphatic heterocycles. The van der Waals surface area contributed by atoms with Crippen molar-refractivity contribution in [1.82, 2.24) is 10.2 Å². The predicted molar refractivity (Wildman–Crippen MR) is 83.8 cm³/mol. The quantitative estimate of drug-likeness (QED) is 0.866. The number of urea groups is 1. The molecule has 0 unspecified atom stereocenters. The van der Waals surface area contributed by atoms with Crippen LogP contribution in [0.1, 0.15) is 12.8 Å². The van der Waals surface area contributed by atoms with Crippen LogP contribution in [0.2, 0.25) is 5.02 Å². The van der Waals surface area contributed by atoms with Crippen LogP contribution in [0, 0.1) is 5.92 Å². The molecule has 9 heteroatoms. The Morgan fingerprint density at radius 1 is 1.17 bits per heavy atom. The molecule has 0 bridgehead atoms. The number of nitrogens with one attached hydrogen (secondary N) is 2. The molecule has 1 fully saturated rings. The number of rotatable bonds is 3. The molecule has 2 rings (SSSR count). The molecule has 1 saturated heterocycles. The number of likely N-dealkylation sites (tertiary alicyclic amines) is 1. The van der Waals surface area contributed by atoms with Gasteiger partial charge in [-0.2, -0.15) is 13.2 Å². The Hall–Kier alpha value is -1.96. The minimum Gasteiger partial charge on any atom is -0.347 e. The first-order valence-corrected chi connectivity index (χ1v) is 7.78. The zero-order valence-electron chi connectivity index (χ0n) is 12.7. The molecule has 0 atom stereocenters. The molecule has 1 aromatic carbocycles. The second kappa shape index (κ2) is 7.74. The molecule has 0 saturated carbocycles. The fourth-order valence-electron chi connectivity index (χ4n) is 2.41. The van der Waals surface area contributed by atoms with Crippen LogP contribution in [0.5, 0.6) is 0 Å². The average Bonchev–Trinajstić information content (AvgIpc) is 2.54. The van der Waals surface area contributed by atoms with Gasteiger partial charge in [-0.25, -0.2) is 4.79 Å². The van der Waals surface area contributed by atoms with Crippen LogP contribution < -0.4 is 10.6 Å². The molecule has 0 spiro atoms. The number of amides is 3. The lowest BCUT2D eigenvalue weighted by atomic mass is 9.96. The largest absolute Gasteiger partial charge is 0.405 e. The Morgan fingerprint density at radius 2 is 1.75 bits per heavy atom. The van der Waals surface area contributed by atoms with Gasteiger partial charge in [-0.15, -0.1) is 0 Å². The fourth-order valence-corrected chi connectivity index (χ4v) is 2.54. The molecule has 1 heterocycles. The second-order valence-electron chi connectivity index (χ2n) is 5.53. The molecule has 0 radical (unpaired) electrons. The van der Waals surface area contributed by atoms with Gasteiger partial charge in [0.2, 0.25) is 5.91 Å². The highest BCUT2D eigenvalue weighted by Gasteiger charge is 2.31. The van der Waals surface area contributed by atoms with Gasteiger partial charge in [-0.1, -0.05) is 11.6 Å². The van der Waals surface area contributed by atoms with E-state index in [1.165, 1.54) is 4.90 Å². The molecule has 3 amide bonds. The lowest BCUT2D eigenvalue weighted by Gasteiger charge is -2.31. The third-order valence-electron chi connectivity index (χ3n) is 3.71. The van der Waals surface area contributed by atoms with Crippen LogP contribution >= 0.6 is 11.6 Å². The van der Waals surface area contributed by atoms with Crippen LogP contribution in [-0.2, 0) is 4.79 Å². The molecular formula is C15H17ClF3N3O2. The Kier molecular flexibility index (Phi) is 5.93. The number of benzene rings is 1. The van der Waals surface area contributed by atoms with Crippen molar-refractivity contribution in [2.75, 3.05) is 25.0 Å². The highest BCUT2D eigenvalue weighted by atomic mass is 35.5. The Balaban J connectivity index is 1.78. The van der Waals surface area contributed by atoms with Gasteiger partial charge < -0.3 is 15.5 Å². The van der Waals surface area contributed by atoms with Gasteiger partial charge in [-0.05, 0) is 37.1 Å². The molecule has 1 aromatic rings. The summed E-state index contributed by atoms with van der Waals surface area (Å²) in [4.78, 5) is 25.4. The van der Waals surface area contributed by atoms with Crippen LogP contribution in [-0.4, -0.2) is 42.6 Å². The summed E-state index contributed by atoms with van der Waals surface area (Å²) in [7, 11) is 0. The number of alkyl halides is 3. The minimum absolute atomic E-state index is 0.309. The highest BCUT2D eigenvalue weighted by Crippen LogP contribution is 2.20. The maximum Gasteiger partial charge on any atom is 0.405 e. The Labute approximate surface area is 142 Å². The summed E-state index contributed by atoms with van der Waals surface area (Å²) in [6, 6.07) is 6.31. The minimum atomic E-state index is -4.42. The first kappa shape index (κ1) is 18.4. The average molecular weight is 364 g/mol. The van der Waals surface area contributed by atoms with Crippen molar-refractivity contribution in [2.45, 2.75) is 19.0 Å². The van der Waals surface area contributed by atoms with Gasteiger partial charge in [0.25, 0.3) is 0 Å². The van der Waals surface area contributed by atoms with Crippen LogP contribution in [0.4, 0.5) is 23.7 Å².